The Bertz CT molecular complexity index is 840. The first kappa shape index (κ1) is 19.5. The molecule has 3 amide bonds. The topological polar surface area (TPSA) is 75.7 Å². The minimum absolute atomic E-state index is 0.00477. The highest BCUT2D eigenvalue weighted by atomic mass is 19.3. The SMILES string of the molecule is O=C(CN1C(=O)CCC1=O)N[C@@H](c1ccccc1)c1ccc(OC(F)F)cc1. The van der Waals surface area contributed by atoms with E-state index in [1.807, 2.05) is 6.07 Å². The van der Waals surface area contributed by atoms with E-state index in [4.69, 9.17) is 0 Å². The third kappa shape index (κ3) is 4.70. The molecule has 0 aliphatic carbocycles. The maximum atomic E-state index is 12.5. The van der Waals surface area contributed by atoms with Crippen molar-refractivity contribution in [3.05, 3.63) is 65.7 Å². The molecule has 1 N–H and O–H groups in total. The van der Waals surface area contributed by atoms with Crippen LogP contribution in [-0.2, 0) is 14.4 Å². The lowest BCUT2D eigenvalue weighted by atomic mass is 9.98. The molecular formula is C20H18F2N2O4. The number of carbonyl (C=O) groups excluding carboxylic acids is 3. The molecule has 2 aromatic carbocycles. The zero-order valence-electron chi connectivity index (χ0n) is 14.8. The van der Waals surface area contributed by atoms with Crippen molar-refractivity contribution in [3.8, 4) is 5.75 Å². The summed E-state index contributed by atoms with van der Waals surface area (Å²) in [6.45, 7) is -3.28. The Morgan fingerprint density at radius 3 is 2.11 bits per heavy atom. The Morgan fingerprint density at radius 2 is 1.54 bits per heavy atom. The van der Waals surface area contributed by atoms with Gasteiger partial charge in [-0.2, -0.15) is 8.78 Å². The molecule has 0 saturated carbocycles. The lowest BCUT2D eigenvalue weighted by Crippen LogP contribution is -2.41. The van der Waals surface area contributed by atoms with E-state index >= 15 is 0 Å². The molecule has 0 unspecified atom stereocenters. The summed E-state index contributed by atoms with van der Waals surface area (Å²) >= 11 is 0. The molecule has 146 valence electrons. The molecule has 0 radical (unpaired) electrons. The van der Waals surface area contributed by atoms with Crippen molar-refractivity contribution in [1.82, 2.24) is 10.2 Å². The molecule has 0 bridgehead atoms. The minimum Gasteiger partial charge on any atom is -0.435 e. The van der Waals surface area contributed by atoms with Crippen LogP contribution in [0.1, 0.15) is 30.0 Å². The standard InChI is InChI=1S/C20H18F2N2O4/c21-20(22)28-15-8-6-14(7-9-15)19(13-4-2-1-3-5-13)23-16(25)12-24-17(26)10-11-18(24)27/h1-9,19-20H,10-12H2,(H,23,25)/t19-/m0/s1. The van der Waals surface area contributed by atoms with Crippen molar-refractivity contribution < 1.29 is 27.9 Å². The van der Waals surface area contributed by atoms with Gasteiger partial charge < -0.3 is 10.1 Å². The van der Waals surface area contributed by atoms with E-state index in [2.05, 4.69) is 10.1 Å². The van der Waals surface area contributed by atoms with Crippen LogP contribution in [0.4, 0.5) is 8.78 Å². The first-order valence-corrected chi connectivity index (χ1v) is 8.66. The van der Waals surface area contributed by atoms with Crippen molar-refractivity contribution in [2.24, 2.45) is 0 Å². The second-order valence-electron chi connectivity index (χ2n) is 6.23. The number of nitrogens with one attached hydrogen (secondary N) is 1. The number of alkyl halides is 2. The van der Waals surface area contributed by atoms with Crippen LogP contribution in [-0.4, -0.2) is 35.8 Å². The number of ether oxygens (including phenoxy) is 1. The predicted octanol–water partition coefficient (Wildman–Crippen LogP) is 2.64. The lowest BCUT2D eigenvalue weighted by molar-refractivity contribution is -0.142. The molecule has 8 heteroatoms. The van der Waals surface area contributed by atoms with Crippen LogP contribution in [0.3, 0.4) is 0 Å². The summed E-state index contributed by atoms with van der Waals surface area (Å²) in [7, 11) is 0. The van der Waals surface area contributed by atoms with Crippen molar-refractivity contribution in [3.63, 3.8) is 0 Å². The molecule has 1 aliphatic heterocycles. The molecule has 0 aromatic heterocycles. The number of amides is 3. The fourth-order valence-corrected chi connectivity index (χ4v) is 3.00. The summed E-state index contributed by atoms with van der Waals surface area (Å²) in [4.78, 5) is 36.9. The summed E-state index contributed by atoms with van der Waals surface area (Å²) < 4.78 is 29.0. The van der Waals surface area contributed by atoms with Crippen LogP contribution in [0.15, 0.2) is 54.6 Å². The summed E-state index contributed by atoms with van der Waals surface area (Å²) in [6, 6.07) is 14.4. The summed E-state index contributed by atoms with van der Waals surface area (Å²) in [5, 5.41) is 2.80. The number of benzene rings is 2. The molecule has 1 saturated heterocycles. The fourth-order valence-electron chi connectivity index (χ4n) is 3.00. The number of likely N-dealkylation sites (tertiary alicyclic amines) is 1. The van der Waals surface area contributed by atoms with Gasteiger partial charge in [-0.05, 0) is 23.3 Å². The smallest absolute Gasteiger partial charge is 0.387 e. The summed E-state index contributed by atoms with van der Waals surface area (Å²) in [5.41, 5.74) is 1.40. The average molecular weight is 388 g/mol. The monoisotopic (exact) mass is 388 g/mol. The number of hydrogen-bond donors (Lipinski definition) is 1. The van der Waals surface area contributed by atoms with Gasteiger partial charge in [0.15, 0.2) is 0 Å². The molecule has 3 rings (SSSR count). The maximum absolute atomic E-state index is 12.5. The van der Waals surface area contributed by atoms with Crippen LogP contribution in [0.5, 0.6) is 5.75 Å². The predicted molar refractivity (Wildman–Crippen MR) is 95.5 cm³/mol. The minimum atomic E-state index is -2.92. The quantitative estimate of drug-likeness (QED) is 0.740. The van der Waals surface area contributed by atoms with Gasteiger partial charge in [0.1, 0.15) is 12.3 Å². The number of imide groups is 1. The van der Waals surface area contributed by atoms with Gasteiger partial charge >= 0.3 is 6.61 Å². The van der Waals surface area contributed by atoms with Crippen molar-refractivity contribution in [2.75, 3.05) is 6.54 Å². The van der Waals surface area contributed by atoms with E-state index in [-0.39, 0.29) is 37.0 Å². The maximum Gasteiger partial charge on any atom is 0.387 e. The van der Waals surface area contributed by atoms with E-state index in [1.54, 1.807) is 36.4 Å². The van der Waals surface area contributed by atoms with Crippen LogP contribution < -0.4 is 10.1 Å². The Kier molecular flexibility index (Phi) is 5.98. The van der Waals surface area contributed by atoms with Crippen LogP contribution in [0, 0.1) is 0 Å². The number of hydrogen-bond acceptors (Lipinski definition) is 4. The zero-order valence-corrected chi connectivity index (χ0v) is 14.8. The number of rotatable bonds is 7. The van der Waals surface area contributed by atoms with Gasteiger partial charge in [0.05, 0.1) is 6.04 Å². The molecule has 2 aromatic rings. The number of halogens is 2. The van der Waals surface area contributed by atoms with E-state index in [1.165, 1.54) is 12.1 Å². The van der Waals surface area contributed by atoms with Gasteiger partial charge in [-0.1, -0.05) is 42.5 Å². The highest BCUT2D eigenvalue weighted by Gasteiger charge is 2.31. The van der Waals surface area contributed by atoms with Crippen LogP contribution in [0.2, 0.25) is 0 Å². The Balaban J connectivity index is 1.79. The average Bonchev–Trinajstić information content (AvgIpc) is 2.99. The van der Waals surface area contributed by atoms with Crippen molar-refractivity contribution >= 4 is 17.7 Å². The number of carbonyl (C=O) groups is 3. The molecular weight excluding hydrogens is 370 g/mol. The largest absolute Gasteiger partial charge is 0.435 e. The third-order valence-electron chi connectivity index (χ3n) is 4.33. The van der Waals surface area contributed by atoms with E-state index in [9.17, 15) is 23.2 Å². The zero-order chi connectivity index (χ0) is 20.1. The van der Waals surface area contributed by atoms with Crippen molar-refractivity contribution in [2.45, 2.75) is 25.5 Å². The van der Waals surface area contributed by atoms with Crippen molar-refractivity contribution in [1.29, 1.82) is 0 Å². The van der Waals surface area contributed by atoms with Gasteiger partial charge in [-0.25, -0.2) is 0 Å². The van der Waals surface area contributed by atoms with E-state index < -0.39 is 18.6 Å². The van der Waals surface area contributed by atoms with E-state index in [0.717, 1.165) is 10.5 Å². The molecule has 6 nitrogen and oxygen atoms in total. The summed E-state index contributed by atoms with van der Waals surface area (Å²) in [5.74, 6) is -1.23. The van der Waals surface area contributed by atoms with Gasteiger partial charge in [0.2, 0.25) is 17.7 Å². The molecule has 1 atom stereocenters. The van der Waals surface area contributed by atoms with E-state index in [0.29, 0.717) is 5.56 Å². The Morgan fingerprint density at radius 1 is 0.964 bits per heavy atom. The van der Waals surface area contributed by atoms with Crippen LogP contribution >= 0.6 is 0 Å². The first-order valence-electron chi connectivity index (χ1n) is 8.66. The third-order valence-corrected chi connectivity index (χ3v) is 4.33. The second-order valence-corrected chi connectivity index (χ2v) is 6.23. The van der Waals surface area contributed by atoms with Gasteiger partial charge in [0.25, 0.3) is 0 Å². The first-order chi connectivity index (χ1) is 13.4. The molecule has 1 heterocycles. The number of nitrogens with zero attached hydrogens (tertiary/aromatic N) is 1. The molecule has 1 aliphatic rings. The van der Waals surface area contributed by atoms with Gasteiger partial charge in [0, 0.05) is 12.8 Å². The Labute approximate surface area is 160 Å². The highest BCUT2D eigenvalue weighted by molar-refractivity contribution is 6.04. The highest BCUT2D eigenvalue weighted by Crippen LogP contribution is 2.25. The second kappa shape index (κ2) is 8.60. The fraction of sp³-hybridized carbons (Fsp3) is 0.250. The van der Waals surface area contributed by atoms with Gasteiger partial charge in [-0.15, -0.1) is 0 Å². The normalized spacial score (nSPS) is 15.0. The lowest BCUT2D eigenvalue weighted by Gasteiger charge is -2.22. The van der Waals surface area contributed by atoms with Crippen LogP contribution in [0.25, 0.3) is 0 Å². The summed E-state index contributed by atoms with van der Waals surface area (Å²) in [6.07, 6.45) is 0.222. The Hall–Kier alpha value is -3.29. The molecule has 28 heavy (non-hydrogen) atoms. The van der Waals surface area contributed by atoms with Gasteiger partial charge in [-0.3, -0.25) is 19.3 Å². The molecule has 0 spiro atoms. The molecule has 1 fully saturated rings.